The fourth-order valence-electron chi connectivity index (χ4n) is 3.49. The Hall–Kier alpha value is -2.78. The van der Waals surface area contributed by atoms with Gasteiger partial charge < -0.3 is 20.9 Å². The number of benzene rings is 2. The number of aromatic nitrogens is 2. The van der Waals surface area contributed by atoms with Crippen molar-refractivity contribution in [3.8, 4) is 0 Å². The largest absolute Gasteiger partial charge is 0.366 e. The molecule has 4 rings (SSSR count). The molecule has 8 nitrogen and oxygen atoms in total. The molecule has 3 aromatic rings. The Morgan fingerprint density at radius 3 is 2.48 bits per heavy atom. The van der Waals surface area contributed by atoms with Crippen LogP contribution in [-0.4, -0.2) is 41.7 Å². The van der Waals surface area contributed by atoms with Crippen LogP contribution in [0.2, 0.25) is 15.1 Å². The van der Waals surface area contributed by atoms with Crippen LogP contribution in [0.3, 0.4) is 0 Å². The molecule has 2 heterocycles. The summed E-state index contributed by atoms with van der Waals surface area (Å²) in [5.74, 6) is 0.851. The lowest BCUT2D eigenvalue weighted by Crippen LogP contribution is -2.49. The molecule has 1 unspecified atom stereocenters. The molecule has 0 bridgehead atoms. The highest BCUT2D eigenvalue weighted by molar-refractivity contribution is 6.44. The maximum Gasteiger partial charge on any atom is 0.324 e. The molecule has 1 aliphatic rings. The minimum Gasteiger partial charge on any atom is -0.366 e. The van der Waals surface area contributed by atoms with E-state index in [1.54, 1.807) is 6.07 Å². The maximum atomic E-state index is 12.4. The van der Waals surface area contributed by atoms with Crippen LogP contribution in [0.1, 0.15) is 6.92 Å². The van der Waals surface area contributed by atoms with E-state index in [0.29, 0.717) is 28.4 Å². The number of rotatable bonds is 5. The zero-order valence-corrected chi connectivity index (χ0v) is 20.0. The second-order valence-corrected chi connectivity index (χ2v) is 8.75. The number of anilines is 5. The van der Waals surface area contributed by atoms with Gasteiger partial charge in [-0.3, -0.25) is 5.32 Å². The quantitative estimate of drug-likeness (QED) is 0.335. The molecule has 0 saturated carbocycles. The lowest BCUT2D eigenvalue weighted by atomic mass is 10.1. The van der Waals surface area contributed by atoms with Gasteiger partial charge in [0.25, 0.3) is 0 Å². The van der Waals surface area contributed by atoms with Crippen LogP contribution in [0, 0.1) is 0 Å². The molecule has 0 aliphatic carbocycles. The van der Waals surface area contributed by atoms with Gasteiger partial charge in [0.15, 0.2) is 0 Å². The van der Waals surface area contributed by atoms with Gasteiger partial charge in [-0.15, -0.1) is 0 Å². The van der Waals surface area contributed by atoms with Gasteiger partial charge in [-0.1, -0.05) is 34.8 Å². The zero-order valence-electron chi connectivity index (χ0n) is 17.7. The fourth-order valence-corrected chi connectivity index (χ4v) is 4.09. The van der Waals surface area contributed by atoms with Crippen molar-refractivity contribution in [3.05, 3.63) is 63.9 Å². The first-order chi connectivity index (χ1) is 15.9. The molecule has 0 spiro atoms. The van der Waals surface area contributed by atoms with Crippen LogP contribution in [0.4, 0.5) is 33.5 Å². The first-order valence-electron chi connectivity index (χ1n) is 10.3. The van der Waals surface area contributed by atoms with E-state index in [0.717, 1.165) is 25.3 Å². The second-order valence-electron chi connectivity index (χ2n) is 7.53. The summed E-state index contributed by atoms with van der Waals surface area (Å²) in [5, 5.41) is 12.7. The Kier molecular flexibility index (Phi) is 7.39. The van der Waals surface area contributed by atoms with Crippen molar-refractivity contribution in [2.75, 3.05) is 40.5 Å². The summed E-state index contributed by atoms with van der Waals surface area (Å²) in [6.07, 6.45) is 1.36. The van der Waals surface area contributed by atoms with E-state index in [1.165, 1.54) is 24.1 Å². The van der Waals surface area contributed by atoms with Gasteiger partial charge in [0.05, 0.1) is 20.8 Å². The SMILES string of the molecule is CC1CNCCN1c1ccc(Nc2cc(NC(=O)Nc3cc(Cl)c(Cl)cc3Cl)ncn2)cc1. The molecule has 1 aliphatic heterocycles. The lowest BCUT2D eigenvalue weighted by Gasteiger charge is -2.36. The molecule has 2 amide bonds. The number of hydrogen-bond donors (Lipinski definition) is 4. The van der Waals surface area contributed by atoms with Gasteiger partial charge in [-0.05, 0) is 43.3 Å². The van der Waals surface area contributed by atoms with E-state index in [2.05, 4.69) is 55.2 Å². The summed E-state index contributed by atoms with van der Waals surface area (Å²) in [4.78, 5) is 23.1. The molecular weight excluding hydrogens is 485 g/mol. The number of carbonyl (C=O) groups is 1. The van der Waals surface area contributed by atoms with Crippen molar-refractivity contribution in [2.24, 2.45) is 0 Å². The van der Waals surface area contributed by atoms with E-state index in [4.69, 9.17) is 34.8 Å². The summed E-state index contributed by atoms with van der Waals surface area (Å²) < 4.78 is 0. The summed E-state index contributed by atoms with van der Waals surface area (Å²) >= 11 is 18.0. The van der Waals surface area contributed by atoms with Crippen molar-refractivity contribution in [1.29, 1.82) is 0 Å². The van der Waals surface area contributed by atoms with Gasteiger partial charge in [0, 0.05) is 43.1 Å². The highest BCUT2D eigenvalue weighted by Gasteiger charge is 2.18. The minimum atomic E-state index is -0.533. The normalized spacial score (nSPS) is 15.8. The molecule has 4 N–H and O–H groups in total. The first-order valence-corrected chi connectivity index (χ1v) is 11.4. The Morgan fingerprint density at radius 2 is 1.73 bits per heavy atom. The monoisotopic (exact) mass is 505 g/mol. The molecule has 11 heteroatoms. The number of halogens is 3. The molecule has 1 saturated heterocycles. The Morgan fingerprint density at radius 1 is 1.00 bits per heavy atom. The Labute approximate surface area is 206 Å². The van der Waals surface area contributed by atoms with Gasteiger partial charge in [-0.2, -0.15) is 0 Å². The lowest BCUT2D eigenvalue weighted by molar-refractivity contribution is 0.262. The minimum absolute atomic E-state index is 0.267. The summed E-state index contributed by atoms with van der Waals surface area (Å²) in [7, 11) is 0. The van der Waals surface area contributed by atoms with Crippen molar-refractivity contribution < 1.29 is 4.79 Å². The van der Waals surface area contributed by atoms with E-state index < -0.39 is 6.03 Å². The van der Waals surface area contributed by atoms with Gasteiger partial charge in [-0.25, -0.2) is 14.8 Å². The third-order valence-corrected chi connectivity index (χ3v) is 6.17. The average Bonchev–Trinajstić information content (AvgIpc) is 2.79. The molecule has 2 aromatic carbocycles. The average molecular weight is 507 g/mol. The number of carbonyl (C=O) groups excluding carboxylic acids is 1. The van der Waals surface area contributed by atoms with Crippen LogP contribution in [0.15, 0.2) is 48.8 Å². The number of piperazine rings is 1. The van der Waals surface area contributed by atoms with Gasteiger partial charge in [0.1, 0.15) is 18.0 Å². The first kappa shape index (κ1) is 23.4. The molecule has 1 aromatic heterocycles. The topological polar surface area (TPSA) is 94.2 Å². The van der Waals surface area contributed by atoms with E-state index in [9.17, 15) is 4.79 Å². The molecule has 172 valence electrons. The number of urea groups is 1. The highest BCUT2D eigenvalue weighted by atomic mass is 35.5. The fraction of sp³-hybridized carbons (Fsp3) is 0.227. The standard InChI is InChI=1S/C22H22Cl3N7O/c1-13-11-26-6-7-32(13)15-4-2-14(3-5-15)29-20-10-21(28-12-27-20)31-22(33)30-19-9-17(24)16(23)8-18(19)25/h2-5,8-10,12-13,26H,6-7,11H2,1H3,(H3,27,28,29,30,31,33). The van der Waals surface area contributed by atoms with Crippen LogP contribution >= 0.6 is 34.8 Å². The summed E-state index contributed by atoms with van der Waals surface area (Å²) in [6, 6.07) is 12.6. The van der Waals surface area contributed by atoms with Crippen LogP contribution in [0.25, 0.3) is 0 Å². The Bertz CT molecular complexity index is 1140. The third kappa shape index (κ3) is 5.97. The molecular formula is C22H22Cl3N7O. The van der Waals surface area contributed by atoms with E-state index >= 15 is 0 Å². The zero-order chi connectivity index (χ0) is 23.4. The molecule has 33 heavy (non-hydrogen) atoms. The molecule has 0 radical (unpaired) electrons. The maximum absolute atomic E-state index is 12.4. The summed E-state index contributed by atoms with van der Waals surface area (Å²) in [6.45, 7) is 5.14. The second kappa shape index (κ2) is 10.4. The third-order valence-electron chi connectivity index (χ3n) is 5.14. The highest BCUT2D eigenvalue weighted by Crippen LogP contribution is 2.32. The van der Waals surface area contributed by atoms with Crippen molar-refractivity contribution in [3.63, 3.8) is 0 Å². The van der Waals surface area contributed by atoms with E-state index in [-0.39, 0.29) is 10.0 Å². The smallest absolute Gasteiger partial charge is 0.324 e. The van der Waals surface area contributed by atoms with Crippen LogP contribution in [-0.2, 0) is 0 Å². The summed E-state index contributed by atoms with van der Waals surface area (Å²) in [5.41, 5.74) is 2.38. The van der Waals surface area contributed by atoms with Gasteiger partial charge >= 0.3 is 6.03 Å². The predicted molar refractivity (Wildman–Crippen MR) is 136 cm³/mol. The number of nitrogens with one attached hydrogen (secondary N) is 4. The molecule has 1 fully saturated rings. The van der Waals surface area contributed by atoms with Crippen LogP contribution < -0.4 is 26.2 Å². The molecule has 1 atom stereocenters. The van der Waals surface area contributed by atoms with E-state index in [1.807, 2.05) is 12.1 Å². The van der Waals surface area contributed by atoms with Crippen molar-refractivity contribution >= 4 is 69.5 Å². The number of nitrogens with zero attached hydrogens (tertiary/aromatic N) is 3. The van der Waals surface area contributed by atoms with Crippen molar-refractivity contribution in [2.45, 2.75) is 13.0 Å². The Balaban J connectivity index is 1.39. The van der Waals surface area contributed by atoms with Crippen LogP contribution in [0.5, 0.6) is 0 Å². The number of amides is 2. The predicted octanol–water partition coefficient (Wildman–Crippen LogP) is 5.62. The number of hydrogen-bond acceptors (Lipinski definition) is 6. The van der Waals surface area contributed by atoms with Gasteiger partial charge in [0.2, 0.25) is 0 Å². The van der Waals surface area contributed by atoms with Crippen molar-refractivity contribution in [1.82, 2.24) is 15.3 Å².